The van der Waals surface area contributed by atoms with E-state index in [9.17, 15) is 13.2 Å². The van der Waals surface area contributed by atoms with Crippen molar-refractivity contribution < 1.29 is 28.0 Å². The number of rotatable bonds is 2. The van der Waals surface area contributed by atoms with Crippen LogP contribution in [0.1, 0.15) is 12.0 Å². The molecule has 0 aliphatic carbocycles. The Hall–Kier alpha value is -1.31. The van der Waals surface area contributed by atoms with Crippen molar-refractivity contribution >= 4 is 17.4 Å². The van der Waals surface area contributed by atoms with E-state index in [1.54, 1.807) is 9.80 Å². The lowest BCUT2D eigenvalue weighted by molar-refractivity contribution is -0.986. The fourth-order valence-electron chi connectivity index (χ4n) is 3.36. The maximum absolute atomic E-state index is 12.7. The van der Waals surface area contributed by atoms with E-state index in [-0.39, 0.29) is 5.02 Å². The summed E-state index contributed by atoms with van der Waals surface area (Å²) in [5, 5.41) is 0.109. The molecule has 4 nitrogen and oxygen atoms in total. The molecule has 24 heavy (non-hydrogen) atoms. The molecule has 1 fully saturated rings. The Morgan fingerprint density at radius 3 is 2.46 bits per heavy atom. The van der Waals surface area contributed by atoms with Crippen LogP contribution >= 0.6 is 11.6 Å². The number of nitrogens with zero attached hydrogens (tertiary/aromatic N) is 1. The molecule has 132 valence electrons. The number of likely N-dealkylation sites (N-methyl/N-ethyl adjacent to an activating group) is 1. The van der Waals surface area contributed by atoms with Gasteiger partial charge in [0.05, 0.1) is 25.6 Å². The Labute approximate surface area is 144 Å². The summed E-state index contributed by atoms with van der Waals surface area (Å²) < 4.78 is 38.2. The van der Waals surface area contributed by atoms with Crippen molar-refractivity contribution in [3.05, 3.63) is 34.6 Å². The van der Waals surface area contributed by atoms with E-state index >= 15 is 0 Å². The maximum Gasteiger partial charge on any atom is 0.419 e. The molecule has 3 rings (SSSR count). The maximum atomic E-state index is 12.7. The van der Waals surface area contributed by atoms with E-state index in [0.29, 0.717) is 12.4 Å². The number of H-pyrrole nitrogens is 1. The normalized spacial score (nSPS) is 25.5. The van der Waals surface area contributed by atoms with Crippen molar-refractivity contribution in [3.63, 3.8) is 0 Å². The summed E-state index contributed by atoms with van der Waals surface area (Å²) in [6.45, 7) is 6.07. The van der Waals surface area contributed by atoms with Gasteiger partial charge in [-0.3, -0.25) is 9.80 Å². The van der Waals surface area contributed by atoms with Crippen molar-refractivity contribution in [2.75, 3.05) is 51.2 Å². The molecule has 3 heterocycles. The predicted octanol–water partition coefficient (Wildman–Crippen LogP) is -0.320. The zero-order chi connectivity index (χ0) is 17.3. The molecule has 0 aromatic carbocycles. The summed E-state index contributed by atoms with van der Waals surface area (Å²) in [5.41, 5.74) is 0.663. The number of anilines is 1. The van der Waals surface area contributed by atoms with Gasteiger partial charge < -0.3 is 4.90 Å². The number of aromatic nitrogens is 1. The number of hydrogen-bond acceptors (Lipinski definition) is 1. The second-order valence-corrected chi connectivity index (χ2v) is 6.98. The van der Waals surface area contributed by atoms with Crippen molar-refractivity contribution in [2.24, 2.45) is 0 Å². The largest absolute Gasteiger partial charge is 0.419 e. The van der Waals surface area contributed by atoms with Crippen LogP contribution in [0.5, 0.6) is 0 Å². The van der Waals surface area contributed by atoms with Crippen molar-refractivity contribution in [1.82, 2.24) is 0 Å². The van der Waals surface area contributed by atoms with E-state index in [4.69, 9.17) is 11.6 Å². The van der Waals surface area contributed by atoms with E-state index in [1.807, 2.05) is 4.90 Å². The minimum absolute atomic E-state index is 0.109. The third-order valence-corrected chi connectivity index (χ3v) is 5.17. The van der Waals surface area contributed by atoms with Crippen LogP contribution < -0.4 is 19.7 Å². The first kappa shape index (κ1) is 17.5. The molecule has 0 spiro atoms. The van der Waals surface area contributed by atoms with Gasteiger partial charge in [0, 0.05) is 6.08 Å². The van der Waals surface area contributed by atoms with E-state index in [0.717, 1.165) is 38.3 Å². The summed E-state index contributed by atoms with van der Waals surface area (Å²) >= 11 is 6.07. The third-order valence-electron chi connectivity index (χ3n) is 4.89. The lowest BCUT2D eigenvalue weighted by atomic mass is 10.1. The SMILES string of the molecule is C[NH+]1CC[NH+](C2=CCN(c3[nH+]cc(C(F)(F)F)cc3Cl)CC2)CC1. The lowest BCUT2D eigenvalue weighted by Crippen LogP contribution is -3.26. The summed E-state index contributed by atoms with van der Waals surface area (Å²) in [6.07, 6.45) is -0.295. The highest BCUT2D eigenvalue weighted by Crippen LogP contribution is 2.32. The molecule has 1 saturated heterocycles. The van der Waals surface area contributed by atoms with Crippen molar-refractivity contribution in [3.8, 4) is 0 Å². The van der Waals surface area contributed by atoms with Crippen LogP contribution in [-0.4, -0.2) is 46.3 Å². The summed E-state index contributed by atoms with van der Waals surface area (Å²) in [6, 6.07) is 0.987. The number of pyridine rings is 1. The molecule has 0 bridgehead atoms. The highest BCUT2D eigenvalue weighted by molar-refractivity contribution is 6.32. The van der Waals surface area contributed by atoms with Crippen LogP contribution in [0, 0.1) is 0 Å². The first-order valence-corrected chi connectivity index (χ1v) is 8.61. The Morgan fingerprint density at radius 1 is 1.21 bits per heavy atom. The van der Waals surface area contributed by atoms with Crippen LogP contribution in [0.15, 0.2) is 24.0 Å². The van der Waals surface area contributed by atoms with Gasteiger partial charge in [-0.1, -0.05) is 11.6 Å². The lowest BCUT2D eigenvalue weighted by Gasteiger charge is -2.31. The zero-order valence-electron chi connectivity index (χ0n) is 13.6. The Bertz CT molecular complexity index is 624. The van der Waals surface area contributed by atoms with Crippen LogP contribution in [0.4, 0.5) is 19.0 Å². The summed E-state index contributed by atoms with van der Waals surface area (Å²) in [7, 11) is 2.22. The number of hydrogen-bond donors (Lipinski definition) is 2. The fraction of sp³-hybridized carbons (Fsp3) is 0.562. The average Bonchev–Trinajstić information content (AvgIpc) is 2.55. The molecule has 0 radical (unpaired) electrons. The highest BCUT2D eigenvalue weighted by Gasteiger charge is 2.34. The first-order valence-electron chi connectivity index (χ1n) is 8.23. The topological polar surface area (TPSA) is 26.3 Å². The molecule has 2 aliphatic rings. The molecular formula is C16H23ClF3N4+3. The standard InChI is InChI=1S/C16H20ClF3N4/c1-22-6-8-23(9-7-22)13-2-4-24(5-3-13)15-14(17)10-12(11-21-15)16(18,19)20/h2,10-11H,3-9H2,1H3/p+3. The Kier molecular flexibility index (Phi) is 5.03. The summed E-state index contributed by atoms with van der Waals surface area (Å²) in [5.74, 6) is 0.554. The van der Waals surface area contributed by atoms with Gasteiger partial charge in [0.1, 0.15) is 49.6 Å². The van der Waals surface area contributed by atoms with Gasteiger partial charge in [-0.2, -0.15) is 13.2 Å². The number of nitrogens with one attached hydrogen (secondary N) is 3. The van der Waals surface area contributed by atoms with E-state index < -0.39 is 11.7 Å². The molecule has 3 N–H and O–H groups in total. The molecular weight excluding hydrogens is 341 g/mol. The molecule has 0 saturated carbocycles. The number of aromatic amines is 1. The van der Waals surface area contributed by atoms with Crippen LogP contribution in [0.25, 0.3) is 0 Å². The van der Waals surface area contributed by atoms with Gasteiger partial charge in [-0.05, 0) is 6.07 Å². The average molecular weight is 364 g/mol. The number of halogens is 4. The van der Waals surface area contributed by atoms with Gasteiger partial charge in [-0.15, -0.1) is 0 Å². The monoisotopic (exact) mass is 363 g/mol. The molecule has 1 aromatic rings. The van der Waals surface area contributed by atoms with E-state index in [2.05, 4.69) is 18.1 Å². The molecule has 1 aromatic heterocycles. The van der Waals surface area contributed by atoms with Gasteiger partial charge in [0.15, 0.2) is 0 Å². The smallest absolute Gasteiger partial charge is 0.328 e. The van der Waals surface area contributed by atoms with E-state index in [1.165, 1.54) is 18.8 Å². The highest BCUT2D eigenvalue weighted by atomic mass is 35.5. The Morgan fingerprint density at radius 2 is 1.92 bits per heavy atom. The minimum Gasteiger partial charge on any atom is -0.328 e. The fourth-order valence-corrected chi connectivity index (χ4v) is 3.65. The molecule has 0 unspecified atom stereocenters. The van der Waals surface area contributed by atoms with Gasteiger partial charge in [0.2, 0.25) is 0 Å². The first-order chi connectivity index (χ1) is 11.3. The molecule has 0 atom stereocenters. The quantitative estimate of drug-likeness (QED) is 0.740. The zero-order valence-corrected chi connectivity index (χ0v) is 14.4. The van der Waals surface area contributed by atoms with Crippen molar-refractivity contribution in [1.29, 1.82) is 0 Å². The van der Waals surface area contributed by atoms with Crippen LogP contribution in [-0.2, 0) is 6.18 Å². The van der Waals surface area contributed by atoms with Crippen LogP contribution in [0.3, 0.4) is 0 Å². The molecule has 8 heteroatoms. The van der Waals surface area contributed by atoms with Gasteiger partial charge in [-0.25, -0.2) is 4.98 Å². The Balaban J connectivity index is 1.68. The second-order valence-electron chi connectivity index (χ2n) is 6.57. The third kappa shape index (κ3) is 3.84. The van der Waals surface area contributed by atoms with Crippen molar-refractivity contribution in [2.45, 2.75) is 12.6 Å². The number of alkyl halides is 3. The van der Waals surface area contributed by atoms with Gasteiger partial charge in [0.25, 0.3) is 5.82 Å². The van der Waals surface area contributed by atoms with Crippen LogP contribution in [0.2, 0.25) is 5.02 Å². The number of piperazine rings is 1. The summed E-state index contributed by atoms with van der Waals surface area (Å²) in [4.78, 5) is 7.83. The predicted molar refractivity (Wildman–Crippen MR) is 85.2 cm³/mol. The second kappa shape index (κ2) is 6.90. The molecule has 2 aliphatic heterocycles. The molecule has 0 amide bonds. The minimum atomic E-state index is -4.39. The van der Waals surface area contributed by atoms with Gasteiger partial charge >= 0.3 is 6.18 Å². The number of quaternary nitrogens is 2.